The monoisotopic (exact) mass is 198 g/mol. The summed E-state index contributed by atoms with van der Waals surface area (Å²) in [5.74, 6) is 0.144. The van der Waals surface area contributed by atoms with Gasteiger partial charge in [0.05, 0.1) is 5.54 Å². The van der Waals surface area contributed by atoms with Crippen molar-refractivity contribution >= 4 is 5.91 Å². The van der Waals surface area contributed by atoms with Crippen LogP contribution in [0.5, 0.6) is 0 Å². The molecule has 3 nitrogen and oxygen atoms in total. The molecule has 0 spiro atoms. The van der Waals surface area contributed by atoms with Crippen molar-refractivity contribution in [3.63, 3.8) is 0 Å². The number of hydrogen-bond acceptors (Lipinski definition) is 2. The summed E-state index contributed by atoms with van der Waals surface area (Å²) in [4.78, 5) is 14.0. The summed E-state index contributed by atoms with van der Waals surface area (Å²) in [5, 5.41) is 2.97. The number of rotatable bonds is 2. The van der Waals surface area contributed by atoms with E-state index in [2.05, 4.69) is 31.0 Å². The lowest BCUT2D eigenvalue weighted by molar-refractivity contribution is -0.142. The summed E-state index contributed by atoms with van der Waals surface area (Å²) < 4.78 is 0. The summed E-state index contributed by atoms with van der Waals surface area (Å²) in [6.07, 6.45) is 1.08. The van der Waals surface area contributed by atoms with Crippen LogP contribution in [0.25, 0.3) is 0 Å². The van der Waals surface area contributed by atoms with Crippen LogP contribution in [0.2, 0.25) is 0 Å². The standard InChI is InChI=1S/C11H22N2O/c1-6-7-13-10(2,3)8-12-9(14)11(13,4)5/h6-8H2,1-5H3,(H,12,14). The van der Waals surface area contributed by atoms with Gasteiger partial charge in [0, 0.05) is 12.1 Å². The largest absolute Gasteiger partial charge is 0.353 e. The molecule has 3 heteroatoms. The molecule has 1 N–H and O–H groups in total. The Morgan fingerprint density at radius 1 is 1.36 bits per heavy atom. The van der Waals surface area contributed by atoms with Gasteiger partial charge in [0.2, 0.25) is 5.91 Å². The van der Waals surface area contributed by atoms with Crippen LogP contribution in [0.4, 0.5) is 0 Å². The van der Waals surface area contributed by atoms with E-state index in [0.717, 1.165) is 19.5 Å². The SMILES string of the molecule is CCCN1C(C)(C)CNC(=O)C1(C)C. The van der Waals surface area contributed by atoms with Gasteiger partial charge in [0.1, 0.15) is 0 Å². The maximum Gasteiger partial charge on any atom is 0.240 e. The molecule has 0 unspecified atom stereocenters. The minimum Gasteiger partial charge on any atom is -0.353 e. The van der Waals surface area contributed by atoms with Gasteiger partial charge in [-0.2, -0.15) is 0 Å². The molecule has 1 aliphatic heterocycles. The van der Waals surface area contributed by atoms with Crippen molar-refractivity contribution in [3.8, 4) is 0 Å². The van der Waals surface area contributed by atoms with Crippen LogP contribution in [0.15, 0.2) is 0 Å². The lowest BCUT2D eigenvalue weighted by Crippen LogP contribution is -2.70. The quantitative estimate of drug-likeness (QED) is 0.727. The molecule has 82 valence electrons. The molecule has 0 aliphatic carbocycles. The van der Waals surface area contributed by atoms with E-state index in [4.69, 9.17) is 0 Å². The zero-order chi connectivity index (χ0) is 11.0. The predicted molar refractivity (Wildman–Crippen MR) is 58.2 cm³/mol. The van der Waals surface area contributed by atoms with Gasteiger partial charge in [0.15, 0.2) is 0 Å². The maximum absolute atomic E-state index is 11.7. The molecule has 0 aromatic rings. The number of carbonyl (C=O) groups excluding carboxylic acids is 1. The van der Waals surface area contributed by atoms with Gasteiger partial charge >= 0.3 is 0 Å². The number of carbonyl (C=O) groups is 1. The van der Waals surface area contributed by atoms with E-state index in [9.17, 15) is 4.79 Å². The smallest absolute Gasteiger partial charge is 0.240 e. The third kappa shape index (κ3) is 1.78. The molecule has 0 atom stereocenters. The molecule has 1 heterocycles. The highest BCUT2D eigenvalue weighted by Crippen LogP contribution is 2.28. The molecule has 0 bridgehead atoms. The van der Waals surface area contributed by atoms with E-state index in [-0.39, 0.29) is 17.0 Å². The van der Waals surface area contributed by atoms with Crippen LogP contribution in [-0.2, 0) is 4.79 Å². The molecule has 1 rings (SSSR count). The molecular formula is C11H22N2O. The first kappa shape index (κ1) is 11.5. The zero-order valence-electron chi connectivity index (χ0n) is 9.98. The van der Waals surface area contributed by atoms with Crippen molar-refractivity contribution < 1.29 is 4.79 Å². The Labute approximate surface area is 86.9 Å². The van der Waals surface area contributed by atoms with E-state index in [0.29, 0.717) is 0 Å². The maximum atomic E-state index is 11.7. The molecule has 1 fully saturated rings. The summed E-state index contributed by atoms with van der Waals surface area (Å²) in [6.45, 7) is 12.2. The van der Waals surface area contributed by atoms with Gasteiger partial charge in [-0.25, -0.2) is 0 Å². The highest BCUT2D eigenvalue weighted by atomic mass is 16.2. The van der Waals surface area contributed by atoms with Gasteiger partial charge < -0.3 is 5.32 Å². The highest BCUT2D eigenvalue weighted by Gasteiger charge is 2.45. The Morgan fingerprint density at radius 3 is 2.43 bits per heavy atom. The van der Waals surface area contributed by atoms with Crippen LogP contribution >= 0.6 is 0 Å². The van der Waals surface area contributed by atoms with Crippen molar-refractivity contribution in [1.29, 1.82) is 0 Å². The molecule has 1 aliphatic rings. The van der Waals surface area contributed by atoms with Crippen molar-refractivity contribution in [2.45, 2.75) is 52.1 Å². The molecule has 1 amide bonds. The van der Waals surface area contributed by atoms with Crippen LogP contribution < -0.4 is 5.32 Å². The first-order valence-corrected chi connectivity index (χ1v) is 5.38. The number of nitrogens with zero attached hydrogens (tertiary/aromatic N) is 1. The van der Waals surface area contributed by atoms with Gasteiger partial charge in [0.25, 0.3) is 0 Å². The van der Waals surface area contributed by atoms with Gasteiger partial charge in [-0.3, -0.25) is 9.69 Å². The summed E-state index contributed by atoms with van der Waals surface area (Å²) >= 11 is 0. The van der Waals surface area contributed by atoms with Crippen LogP contribution in [0, 0.1) is 0 Å². The van der Waals surface area contributed by atoms with E-state index in [1.54, 1.807) is 0 Å². The second-order valence-electron chi connectivity index (χ2n) is 5.21. The number of hydrogen-bond donors (Lipinski definition) is 1. The second-order valence-corrected chi connectivity index (χ2v) is 5.21. The van der Waals surface area contributed by atoms with Gasteiger partial charge in [-0.1, -0.05) is 6.92 Å². The predicted octanol–water partition coefficient (Wildman–Crippen LogP) is 1.39. The molecule has 14 heavy (non-hydrogen) atoms. The fourth-order valence-electron chi connectivity index (χ4n) is 2.29. The van der Waals surface area contributed by atoms with E-state index in [1.807, 2.05) is 13.8 Å². The van der Waals surface area contributed by atoms with Crippen LogP contribution in [-0.4, -0.2) is 35.0 Å². The topological polar surface area (TPSA) is 32.3 Å². The number of piperazine rings is 1. The molecule has 1 saturated heterocycles. The van der Waals surface area contributed by atoms with E-state index < -0.39 is 0 Å². The van der Waals surface area contributed by atoms with Gasteiger partial charge in [-0.15, -0.1) is 0 Å². The first-order valence-electron chi connectivity index (χ1n) is 5.38. The Kier molecular flexibility index (Phi) is 2.91. The lowest BCUT2D eigenvalue weighted by atomic mass is 9.88. The average Bonchev–Trinajstić information content (AvgIpc) is 2.07. The normalized spacial score (nSPS) is 25.9. The van der Waals surface area contributed by atoms with Crippen molar-refractivity contribution in [2.75, 3.05) is 13.1 Å². The molecule has 0 radical (unpaired) electrons. The van der Waals surface area contributed by atoms with Crippen molar-refractivity contribution in [3.05, 3.63) is 0 Å². The Bertz CT molecular complexity index is 233. The number of amides is 1. The summed E-state index contributed by atoms with van der Waals surface area (Å²) in [5.41, 5.74) is -0.314. The average molecular weight is 198 g/mol. The van der Waals surface area contributed by atoms with Crippen LogP contribution in [0.3, 0.4) is 0 Å². The third-order valence-electron chi connectivity index (χ3n) is 3.09. The Balaban J connectivity index is 2.94. The molecule has 0 saturated carbocycles. The fourth-order valence-corrected chi connectivity index (χ4v) is 2.29. The second kappa shape index (κ2) is 3.54. The minimum absolute atomic E-state index is 0.0629. The third-order valence-corrected chi connectivity index (χ3v) is 3.09. The molecule has 0 aromatic heterocycles. The first-order chi connectivity index (χ1) is 6.32. The van der Waals surface area contributed by atoms with E-state index >= 15 is 0 Å². The summed E-state index contributed by atoms with van der Waals surface area (Å²) in [7, 11) is 0. The highest BCUT2D eigenvalue weighted by molar-refractivity contribution is 5.86. The zero-order valence-corrected chi connectivity index (χ0v) is 9.98. The van der Waals surface area contributed by atoms with Gasteiger partial charge in [-0.05, 0) is 40.7 Å². The Hall–Kier alpha value is -0.570. The van der Waals surface area contributed by atoms with Crippen molar-refractivity contribution in [1.82, 2.24) is 10.2 Å². The van der Waals surface area contributed by atoms with E-state index in [1.165, 1.54) is 0 Å². The Morgan fingerprint density at radius 2 is 1.93 bits per heavy atom. The summed E-state index contributed by atoms with van der Waals surface area (Å²) in [6, 6.07) is 0. The lowest BCUT2D eigenvalue weighted by Gasteiger charge is -2.51. The molecular weight excluding hydrogens is 176 g/mol. The van der Waals surface area contributed by atoms with Crippen molar-refractivity contribution in [2.24, 2.45) is 0 Å². The number of nitrogens with one attached hydrogen (secondary N) is 1. The minimum atomic E-state index is -0.377. The molecule has 0 aromatic carbocycles. The van der Waals surface area contributed by atoms with Crippen LogP contribution in [0.1, 0.15) is 41.0 Å². The fraction of sp³-hybridized carbons (Fsp3) is 0.909.